The lowest BCUT2D eigenvalue weighted by Crippen LogP contribution is -2.28. The van der Waals surface area contributed by atoms with Gasteiger partial charge in [-0.15, -0.1) is 0 Å². The molecule has 0 radical (unpaired) electrons. The van der Waals surface area contributed by atoms with Crippen molar-refractivity contribution in [1.82, 2.24) is 24.5 Å². The molecule has 0 spiro atoms. The molecule has 0 aliphatic rings. The van der Waals surface area contributed by atoms with Crippen LogP contribution >= 0.6 is 15.9 Å². The van der Waals surface area contributed by atoms with Gasteiger partial charge in [-0.25, -0.2) is 4.68 Å². The Kier molecular flexibility index (Phi) is 4.94. The minimum absolute atomic E-state index is 0.000939. The van der Waals surface area contributed by atoms with Gasteiger partial charge in [0.15, 0.2) is 5.69 Å². The summed E-state index contributed by atoms with van der Waals surface area (Å²) in [5, 5.41) is 7.84. The second-order valence-corrected chi connectivity index (χ2v) is 5.66. The predicted octanol–water partition coefficient (Wildman–Crippen LogP) is 2.84. The second kappa shape index (κ2) is 6.55. The van der Waals surface area contributed by atoms with Gasteiger partial charge < -0.3 is 4.90 Å². The van der Waals surface area contributed by atoms with Crippen LogP contribution in [0.15, 0.2) is 16.7 Å². The van der Waals surface area contributed by atoms with Gasteiger partial charge in [-0.2, -0.15) is 19.0 Å². The van der Waals surface area contributed by atoms with Crippen molar-refractivity contribution in [2.45, 2.75) is 33.5 Å². The first kappa shape index (κ1) is 16.6. The molecule has 0 saturated carbocycles. The van der Waals surface area contributed by atoms with Gasteiger partial charge in [-0.05, 0) is 35.8 Å². The van der Waals surface area contributed by atoms with Crippen molar-refractivity contribution in [2.24, 2.45) is 0 Å². The van der Waals surface area contributed by atoms with E-state index in [1.807, 2.05) is 6.92 Å². The van der Waals surface area contributed by atoms with Crippen molar-refractivity contribution in [3.8, 4) is 0 Å². The summed E-state index contributed by atoms with van der Waals surface area (Å²) < 4.78 is 28.5. The number of rotatable bonds is 5. The van der Waals surface area contributed by atoms with Crippen LogP contribution in [-0.2, 0) is 13.1 Å². The van der Waals surface area contributed by atoms with Gasteiger partial charge >= 0.3 is 6.55 Å². The van der Waals surface area contributed by atoms with Crippen LogP contribution in [0.5, 0.6) is 0 Å². The number of carbonyl (C=O) groups excluding carboxylic acids is 1. The number of halogens is 3. The fourth-order valence-corrected chi connectivity index (χ4v) is 2.52. The van der Waals surface area contributed by atoms with Crippen LogP contribution < -0.4 is 0 Å². The van der Waals surface area contributed by atoms with Gasteiger partial charge in [0, 0.05) is 19.3 Å². The Bertz CT molecular complexity index is 682. The molecule has 1 amide bonds. The van der Waals surface area contributed by atoms with Crippen LogP contribution in [0.3, 0.4) is 0 Å². The van der Waals surface area contributed by atoms with Gasteiger partial charge in [-0.1, -0.05) is 0 Å². The maximum absolute atomic E-state index is 12.7. The average molecular weight is 376 g/mol. The van der Waals surface area contributed by atoms with Crippen LogP contribution in [0.2, 0.25) is 0 Å². The van der Waals surface area contributed by atoms with Gasteiger partial charge in [0.05, 0.1) is 22.9 Å². The summed E-state index contributed by atoms with van der Waals surface area (Å²) in [4.78, 5) is 13.8. The number of hydrogen-bond acceptors (Lipinski definition) is 3. The van der Waals surface area contributed by atoms with Crippen molar-refractivity contribution in [2.75, 3.05) is 7.05 Å². The summed E-state index contributed by atoms with van der Waals surface area (Å²) in [6, 6.07) is 1.36. The van der Waals surface area contributed by atoms with E-state index in [4.69, 9.17) is 0 Å². The fourth-order valence-electron chi connectivity index (χ4n) is 2.10. The molecule has 22 heavy (non-hydrogen) atoms. The maximum atomic E-state index is 12.7. The SMILES string of the molecule is CCn1ncc(Br)c1CN(C)C(=O)c1cc(C)n(C(F)F)n1. The molecule has 6 nitrogen and oxygen atoms in total. The lowest BCUT2D eigenvalue weighted by Gasteiger charge is -2.17. The molecule has 2 rings (SSSR count). The molecule has 0 atom stereocenters. The molecule has 0 fully saturated rings. The van der Waals surface area contributed by atoms with Crippen molar-refractivity contribution >= 4 is 21.8 Å². The molecule has 0 aliphatic carbocycles. The molecule has 0 unspecified atom stereocenters. The van der Waals surface area contributed by atoms with Crippen molar-refractivity contribution in [1.29, 1.82) is 0 Å². The molecule has 2 aromatic heterocycles. The number of hydrogen-bond donors (Lipinski definition) is 0. The minimum atomic E-state index is -2.76. The maximum Gasteiger partial charge on any atom is 0.333 e. The predicted molar refractivity (Wildman–Crippen MR) is 79.6 cm³/mol. The molecular formula is C13H16BrF2N5O. The van der Waals surface area contributed by atoms with E-state index in [1.165, 1.54) is 17.9 Å². The van der Waals surface area contributed by atoms with E-state index in [0.29, 0.717) is 17.8 Å². The van der Waals surface area contributed by atoms with Crippen LogP contribution in [-0.4, -0.2) is 37.4 Å². The van der Waals surface area contributed by atoms with Crippen LogP contribution in [0, 0.1) is 6.92 Å². The smallest absolute Gasteiger partial charge is 0.333 e. The molecule has 2 aromatic rings. The third kappa shape index (κ3) is 3.18. The molecule has 9 heteroatoms. The Morgan fingerprint density at radius 2 is 2.18 bits per heavy atom. The summed E-state index contributed by atoms with van der Waals surface area (Å²) in [7, 11) is 1.60. The third-order valence-electron chi connectivity index (χ3n) is 3.26. The zero-order chi connectivity index (χ0) is 16.4. The number of alkyl halides is 2. The highest BCUT2D eigenvalue weighted by Gasteiger charge is 2.21. The van der Waals surface area contributed by atoms with E-state index in [0.717, 1.165) is 10.2 Å². The first-order valence-corrected chi connectivity index (χ1v) is 7.44. The zero-order valence-electron chi connectivity index (χ0n) is 12.4. The number of nitrogens with zero attached hydrogens (tertiary/aromatic N) is 5. The highest BCUT2D eigenvalue weighted by atomic mass is 79.9. The summed E-state index contributed by atoms with van der Waals surface area (Å²) in [5.41, 5.74) is 1.08. The molecule has 0 aliphatic heterocycles. The fraction of sp³-hybridized carbons (Fsp3) is 0.462. The molecule has 120 valence electrons. The van der Waals surface area contributed by atoms with E-state index in [-0.39, 0.29) is 11.4 Å². The quantitative estimate of drug-likeness (QED) is 0.807. The van der Waals surface area contributed by atoms with E-state index >= 15 is 0 Å². The van der Waals surface area contributed by atoms with E-state index in [1.54, 1.807) is 17.9 Å². The highest BCUT2D eigenvalue weighted by Crippen LogP contribution is 2.19. The number of carbonyl (C=O) groups is 1. The number of aryl methyl sites for hydroxylation is 2. The summed E-state index contributed by atoms with van der Waals surface area (Å²) in [6.45, 7) is 1.63. The second-order valence-electron chi connectivity index (χ2n) is 4.81. The number of aromatic nitrogens is 4. The minimum Gasteiger partial charge on any atom is -0.334 e. The standard InChI is InChI=1S/C13H16BrF2N5O/c1-4-20-11(9(14)6-17-20)7-19(3)12(22)10-5-8(2)21(18-10)13(15)16/h5-6,13H,4,7H2,1-3H3. The van der Waals surface area contributed by atoms with Gasteiger partial charge in [-0.3, -0.25) is 9.48 Å². The summed E-state index contributed by atoms with van der Waals surface area (Å²) in [5.74, 6) is -0.418. The molecule has 2 heterocycles. The van der Waals surface area contributed by atoms with Gasteiger partial charge in [0.25, 0.3) is 5.91 Å². The van der Waals surface area contributed by atoms with Gasteiger partial charge in [0.2, 0.25) is 0 Å². The molecular weight excluding hydrogens is 360 g/mol. The highest BCUT2D eigenvalue weighted by molar-refractivity contribution is 9.10. The molecule has 0 bridgehead atoms. The van der Waals surface area contributed by atoms with Gasteiger partial charge in [0.1, 0.15) is 0 Å². The molecule has 0 aromatic carbocycles. The lowest BCUT2D eigenvalue weighted by atomic mass is 10.3. The lowest BCUT2D eigenvalue weighted by molar-refractivity contribution is 0.0533. The van der Waals surface area contributed by atoms with Crippen molar-refractivity contribution in [3.63, 3.8) is 0 Å². The Morgan fingerprint density at radius 3 is 2.73 bits per heavy atom. The Labute approximate surface area is 134 Å². The largest absolute Gasteiger partial charge is 0.334 e. The monoisotopic (exact) mass is 375 g/mol. The Balaban J connectivity index is 2.19. The first-order chi connectivity index (χ1) is 10.3. The normalized spacial score (nSPS) is 11.2. The molecule has 0 saturated heterocycles. The van der Waals surface area contributed by atoms with Crippen molar-refractivity contribution < 1.29 is 13.6 Å². The average Bonchev–Trinajstić information content (AvgIpc) is 3.02. The van der Waals surface area contributed by atoms with Crippen molar-refractivity contribution in [3.05, 3.63) is 33.8 Å². The molecule has 0 N–H and O–H groups in total. The Morgan fingerprint density at radius 1 is 1.50 bits per heavy atom. The van der Waals surface area contributed by atoms with E-state index in [9.17, 15) is 13.6 Å². The van der Waals surface area contributed by atoms with E-state index < -0.39 is 12.5 Å². The van der Waals surface area contributed by atoms with Crippen LogP contribution in [0.25, 0.3) is 0 Å². The zero-order valence-corrected chi connectivity index (χ0v) is 14.0. The number of amides is 1. The topological polar surface area (TPSA) is 56.0 Å². The Hall–Kier alpha value is -1.77. The van der Waals surface area contributed by atoms with Crippen LogP contribution in [0.1, 0.15) is 35.3 Å². The first-order valence-electron chi connectivity index (χ1n) is 6.65. The van der Waals surface area contributed by atoms with E-state index in [2.05, 4.69) is 26.1 Å². The summed E-state index contributed by atoms with van der Waals surface area (Å²) in [6.07, 6.45) is 1.66. The third-order valence-corrected chi connectivity index (χ3v) is 3.92. The van der Waals surface area contributed by atoms with Crippen LogP contribution in [0.4, 0.5) is 8.78 Å². The summed E-state index contributed by atoms with van der Waals surface area (Å²) >= 11 is 3.39.